The van der Waals surface area contributed by atoms with E-state index in [2.05, 4.69) is 5.10 Å². The number of nitrogens with zero attached hydrogens (tertiary/aromatic N) is 2. The molecule has 0 fully saturated rings. The minimum Gasteiger partial charge on any atom is -0.478 e. The predicted octanol–water partition coefficient (Wildman–Crippen LogP) is 3.79. The van der Waals surface area contributed by atoms with Crippen LogP contribution in [0.1, 0.15) is 35.6 Å². The van der Waals surface area contributed by atoms with Crippen LogP contribution in [-0.4, -0.2) is 20.9 Å². The molecule has 118 valence electrons. The molecular weight excluding hydrogens is 297 g/mol. The van der Waals surface area contributed by atoms with Crippen molar-refractivity contribution in [3.05, 3.63) is 47.3 Å². The highest BCUT2D eigenvalue weighted by Crippen LogP contribution is 2.30. The largest absolute Gasteiger partial charge is 0.478 e. The normalized spacial score (nSPS) is 11.9. The molecule has 0 amide bonds. The van der Waals surface area contributed by atoms with Crippen molar-refractivity contribution in [2.45, 2.75) is 26.4 Å². The van der Waals surface area contributed by atoms with Gasteiger partial charge in [-0.3, -0.25) is 0 Å². The first-order valence-electron chi connectivity index (χ1n) is 6.68. The molecule has 0 saturated heterocycles. The number of alkyl halides is 3. The highest BCUT2D eigenvalue weighted by Gasteiger charge is 2.35. The van der Waals surface area contributed by atoms with Crippen LogP contribution in [0.3, 0.4) is 0 Å². The van der Waals surface area contributed by atoms with Crippen molar-refractivity contribution in [2.75, 3.05) is 0 Å². The van der Waals surface area contributed by atoms with Gasteiger partial charge in [-0.25, -0.2) is 9.48 Å². The van der Waals surface area contributed by atoms with Crippen molar-refractivity contribution >= 4 is 5.97 Å². The summed E-state index contributed by atoms with van der Waals surface area (Å²) in [5, 5.41) is 12.6. The number of carboxylic acids is 1. The van der Waals surface area contributed by atoms with Gasteiger partial charge in [0.1, 0.15) is 0 Å². The third kappa shape index (κ3) is 3.47. The number of carboxylic acid groups (broad SMARTS) is 1. The van der Waals surface area contributed by atoms with Crippen LogP contribution in [0.15, 0.2) is 30.3 Å². The second-order valence-corrected chi connectivity index (χ2v) is 5.38. The standard InChI is InChI=1S/C15H15F3N2O2/c1-9(2)6-12-8-13(15(16,17)18)19-20(12)11-5-3-4-10(7-11)14(21)22/h3-5,7-9H,6H2,1-2H3,(H,21,22). The lowest BCUT2D eigenvalue weighted by Crippen LogP contribution is -2.09. The summed E-state index contributed by atoms with van der Waals surface area (Å²) in [6, 6.07) is 6.70. The molecule has 0 radical (unpaired) electrons. The van der Waals surface area contributed by atoms with E-state index in [1.165, 1.54) is 24.3 Å². The highest BCUT2D eigenvalue weighted by atomic mass is 19.4. The molecule has 0 atom stereocenters. The maximum atomic E-state index is 12.9. The molecule has 0 spiro atoms. The fraction of sp³-hybridized carbons (Fsp3) is 0.333. The minimum atomic E-state index is -4.54. The Balaban J connectivity index is 2.55. The maximum Gasteiger partial charge on any atom is 0.435 e. The van der Waals surface area contributed by atoms with Crippen LogP contribution >= 0.6 is 0 Å². The van der Waals surface area contributed by atoms with Crippen LogP contribution < -0.4 is 0 Å². The number of hydrogen-bond acceptors (Lipinski definition) is 2. The van der Waals surface area contributed by atoms with Crippen LogP contribution in [0, 0.1) is 5.92 Å². The molecule has 0 aliphatic heterocycles. The van der Waals surface area contributed by atoms with Crippen molar-refractivity contribution < 1.29 is 23.1 Å². The minimum absolute atomic E-state index is 0.00273. The Bertz CT molecular complexity index is 690. The summed E-state index contributed by atoms with van der Waals surface area (Å²) in [7, 11) is 0. The molecule has 0 aliphatic carbocycles. The van der Waals surface area contributed by atoms with Crippen molar-refractivity contribution in [3.63, 3.8) is 0 Å². The van der Waals surface area contributed by atoms with Crippen molar-refractivity contribution in [1.29, 1.82) is 0 Å². The topological polar surface area (TPSA) is 55.1 Å². The fourth-order valence-electron chi connectivity index (χ4n) is 2.12. The van der Waals surface area contributed by atoms with Gasteiger partial charge in [-0.1, -0.05) is 19.9 Å². The molecule has 1 heterocycles. The zero-order chi connectivity index (χ0) is 16.5. The second kappa shape index (κ2) is 5.82. The van der Waals surface area contributed by atoms with Gasteiger partial charge in [-0.05, 0) is 36.6 Å². The summed E-state index contributed by atoms with van der Waals surface area (Å²) < 4.78 is 39.8. The first-order chi connectivity index (χ1) is 10.2. The van der Waals surface area contributed by atoms with Gasteiger partial charge < -0.3 is 5.11 Å². The lowest BCUT2D eigenvalue weighted by molar-refractivity contribution is -0.141. The number of aromatic carboxylic acids is 1. The molecule has 0 aliphatic rings. The van der Waals surface area contributed by atoms with Crippen LogP contribution in [0.2, 0.25) is 0 Å². The Labute approximate surface area is 125 Å². The number of carbonyl (C=O) groups is 1. The Morgan fingerprint density at radius 2 is 2.00 bits per heavy atom. The number of benzene rings is 1. The first-order valence-corrected chi connectivity index (χ1v) is 6.68. The molecule has 2 aromatic rings. The van der Waals surface area contributed by atoms with Gasteiger partial charge in [-0.15, -0.1) is 0 Å². The van der Waals surface area contributed by atoms with E-state index in [9.17, 15) is 18.0 Å². The zero-order valence-corrected chi connectivity index (χ0v) is 12.1. The summed E-state index contributed by atoms with van der Waals surface area (Å²) in [6.07, 6.45) is -4.14. The summed E-state index contributed by atoms with van der Waals surface area (Å²) in [4.78, 5) is 11.0. The SMILES string of the molecule is CC(C)Cc1cc(C(F)(F)F)nn1-c1cccc(C(=O)O)c1. The monoisotopic (exact) mass is 312 g/mol. The summed E-state index contributed by atoms with van der Waals surface area (Å²) in [5.41, 5.74) is -0.295. The van der Waals surface area contributed by atoms with E-state index in [0.717, 1.165) is 10.7 Å². The molecule has 22 heavy (non-hydrogen) atoms. The molecule has 0 unspecified atom stereocenters. The Morgan fingerprint density at radius 3 is 2.55 bits per heavy atom. The van der Waals surface area contributed by atoms with E-state index in [0.29, 0.717) is 17.8 Å². The lowest BCUT2D eigenvalue weighted by atomic mass is 10.1. The van der Waals surface area contributed by atoms with Crippen molar-refractivity contribution in [3.8, 4) is 5.69 Å². The van der Waals surface area contributed by atoms with Gasteiger partial charge in [0.2, 0.25) is 0 Å². The van der Waals surface area contributed by atoms with Gasteiger partial charge >= 0.3 is 12.1 Å². The Kier molecular flexibility index (Phi) is 4.25. The quantitative estimate of drug-likeness (QED) is 0.934. The highest BCUT2D eigenvalue weighted by molar-refractivity contribution is 5.88. The second-order valence-electron chi connectivity index (χ2n) is 5.38. The molecule has 2 rings (SSSR count). The average molecular weight is 312 g/mol. The molecule has 1 aromatic heterocycles. The van der Waals surface area contributed by atoms with E-state index >= 15 is 0 Å². The zero-order valence-electron chi connectivity index (χ0n) is 12.1. The van der Waals surface area contributed by atoms with Crippen molar-refractivity contribution in [2.24, 2.45) is 5.92 Å². The third-order valence-electron chi connectivity index (χ3n) is 3.03. The molecule has 1 aromatic carbocycles. The van der Waals surface area contributed by atoms with Gasteiger partial charge in [0.25, 0.3) is 0 Å². The van der Waals surface area contributed by atoms with E-state index < -0.39 is 17.8 Å². The molecule has 0 saturated carbocycles. The molecule has 0 bridgehead atoms. The predicted molar refractivity (Wildman–Crippen MR) is 74.1 cm³/mol. The van der Waals surface area contributed by atoms with E-state index in [1.54, 1.807) is 0 Å². The van der Waals surface area contributed by atoms with E-state index in [-0.39, 0.29) is 11.5 Å². The molecule has 1 N–H and O–H groups in total. The van der Waals surface area contributed by atoms with Gasteiger partial charge in [0.15, 0.2) is 5.69 Å². The van der Waals surface area contributed by atoms with Crippen LogP contribution in [0.4, 0.5) is 13.2 Å². The summed E-state index contributed by atoms with van der Waals surface area (Å²) >= 11 is 0. The number of rotatable bonds is 4. The van der Waals surface area contributed by atoms with Crippen LogP contribution in [0.25, 0.3) is 5.69 Å². The summed E-state index contributed by atoms with van der Waals surface area (Å²) in [5.74, 6) is -1.00. The smallest absolute Gasteiger partial charge is 0.435 e. The summed E-state index contributed by atoms with van der Waals surface area (Å²) in [6.45, 7) is 3.77. The van der Waals surface area contributed by atoms with E-state index in [1.807, 2.05) is 13.8 Å². The molecule has 7 heteroatoms. The lowest BCUT2D eigenvalue weighted by Gasteiger charge is -2.09. The maximum absolute atomic E-state index is 12.9. The fourth-order valence-corrected chi connectivity index (χ4v) is 2.12. The number of aromatic nitrogens is 2. The molecule has 4 nitrogen and oxygen atoms in total. The van der Waals surface area contributed by atoms with E-state index in [4.69, 9.17) is 5.11 Å². The average Bonchev–Trinajstić information content (AvgIpc) is 2.82. The third-order valence-corrected chi connectivity index (χ3v) is 3.03. The number of halogens is 3. The Morgan fingerprint density at radius 1 is 1.32 bits per heavy atom. The molecular formula is C15H15F3N2O2. The van der Waals surface area contributed by atoms with Crippen LogP contribution in [0.5, 0.6) is 0 Å². The first kappa shape index (κ1) is 16.1. The van der Waals surface area contributed by atoms with Gasteiger partial charge in [0.05, 0.1) is 11.3 Å². The Hall–Kier alpha value is -2.31. The number of hydrogen-bond donors (Lipinski definition) is 1. The van der Waals surface area contributed by atoms with Gasteiger partial charge in [0, 0.05) is 5.69 Å². The van der Waals surface area contributed by atoms with Gasteiger partial charge in [-0.2, -0.15) is 18.3 Å². The van der Waals surface area contributed by atoms with Crippen LogP contribution in [-0.2, 0) is 12.6 Å². The van der Waals surface area contributed by atoms with Crippen molar-refractivity contribution in [1.82, 2.24) is 9.78 Å².